The third-order valence-electron chi connectivity index (χ3n) is 3.26. The Kier molecular flexibility index (Phi) is 4.51. The number of rotatable bonds is 6. The molecule has 3 nitrogen and oxygen atoms in total. The standard InChI is InChI=1S/C16H21NO2/c1-16(2,15-8-14(10-18)9-17-15)12-19-11-13-6-4-3-5-7-13/h3-8,18H,9-12H2,1-2H3. The van der Waals surface area contributed by atoms with Crippen LogP contribution in [-0.2, 0) is 11.3 Å². The molecule has 0 amide bonds. The Hall–Kier alpha value is -1.45. The van der Waals surface area contributed by atoms with Crippen LogP contribution >= 0.6 is 0 Å². The Bertz CT molecular complexity index is 475. The molecule has 0 unspecified atom stereocenters. The molecule has 0 saturated heterocycles. The van der Waals surface area contributed by atoms with Gasteiger partial charge in [-0.1, -0.05) is 44.2 Å². The maximum atomic E-state index is 9.10. The van der Waals surface area contributed by atoms with Crippen molar-refractivity contribution < 1.29 is 9.84 Å². The molecule has 2 rings (SSSR count). The number of aliphatic hydroxyl groups is 1. The van der Waals surface area contributed by atoms with Gasteiger partial charge in [0.1, 0.15) is 0 Å². The molecule has 1 aromatic carbocycles. The average molecular weight is 259 g/mol. The first-order valence-electron chi connectivity index (χ1n) is 6.59. The van der Waals surface area contributed by atoms with E-state index in [1.807, 2.05) is 24.3 Å². The van der Waals surface area contributed by atoms with Crippen molar-refractivity contribution in [3.63, 3.8) is 0 Å². The van der Waals surface area contributed by atoms with Crippen LogP contribution in [0, 0.1) is 5.41 Å². The van der Waals surface area contributed by atoms with Crippen molar-refractivity contribution in [1.29, 1.82) is 0 Å². The Morgan fingerprint density at radius 1 is 1.26 bits per heavy atom. The summed E-state index contributed by atoms with van der Waals surface area (Å²) in [5.74, 6) is 0. The first kappa shape index (κ1) is 14.0. The van der Waals surface area contributed by atoms with E-state index in [0.29, 0.717) is 19.8 Å². The highest BCUT2D eigenvalue weighted by Crippen LogP contribution is 2.24. The van der Waals surface area contributed by atoms with E-state index < -0.39 is 0 Å². The summed E-state index contributed by atoms with van der Waals surface area (Å²) in [6.45, 7) is 6.19. The maximum Gasteiger partial charge on any atom is 0.0717 e. The number of ether oxygens (including phenoxy) is 1. The number of aliphatic hydroxyl groups excluding tert-OH is 1. The zero-order chi connectivity index (χ0) is 13.7. The second-order valence-corrected chi connectivity index (χ2v) is 5.52. The van der Waals surface area contributed by atoms with Gasteiger partial charge in [0.25, 0.3) is 0 Å². The summed E-state index contributed by atoms with van der Waals surface area (Å²) < 4.78 is 5.79. The van der Waals surface area contributed by atoms with Gasteiger partial charge in [0.05, 0.1) is 26.4 Å². The molecule has 0 radical (unpaired) electrons. The fourth-order valence-electron chi connectivity index (χ4n) is 2.05. The van der Waals surface area contributed by atoms with Crippen molar-refractivity contribution >= 4 is 5.71 Å². The van der Waals surface area contributed by atoms with Gasteiger partial charge in [-0.15, -0.1) is 0 Å². The van der Waals surface area contributed by atoms with Gasteiger partial charge < -0.3 is 9.84 Å². The fraction of sp³-hybridized carbons (Fsp3) is 0.438. The van der Waals surface area contributed by atoms with Gasteiger partial charge >= 0.3 is 0 Å². The van der Waals surface area contributed by atoms with Crippen LogP contribution in [0.3, 0.4) is 0 Å². The Morgan fingerprint density at radius 2 is 2.00 bits per heavy atom. The molecule has 102 valence electrons. The van der Waals surface area contributed by atoms with Crippen molar-refractivity contribution in [2.45, 2.75) is 20.5 Å². The van der Waals surface area contributed by atoms with Crippen LogP contribution in [0.15, 0.2) is 47.0 Å². The van der Waals surface area contributed by atoms with Crippen LogP contribution in [0.4, 0.5) is 0 Å². The largest absolute Gasteiger partial charge is 0.392 e. The highest BCUT2D eigenvalue weighted by atomic mass is 16.5. The molecule has 1 N–H and O–H groups in total. The van der Waals surface area contributed by atoms with E-state index in [1.165, 1.54) is 5.56 Å². The topological polar surface area (TPSA) is 41.8 Å². The van der Waals surface area contributed by atoms with Crippen molar-refractivity contribution in [2.75, 3.05) is 19.8 Å². The molecule has 1 aliphatic rings. The molecule has 3 heteroatoms. The van der Waals surface area contributed by atoms with Gasteiger partial charge in [-0.3, -0.25) is 4.99 Å². The molecule has 0 saturated carbocycles. The summed E-state index contributed by atoms with van der Waals surface area (Å²) in [4.78, 5) is 4.47. The lowest BCUT2D eigenvalue weighted by Crippen LogP contribution is -2.27. The first-order chi connectivity index (χ1) is 9.12. The monoisotopic (exact) mass is 259 g/mol. The van der Waals surface area contributed by atoms with E-state index >= 15 is 0 Å². The minimum atomic E-state index is -0.119. The van der Waals surface area contributed by atoms with Gasteiger partial charge in [-0.05, 0) is 17.2 Å². The fourth-order valence-corrected chi connectivity index (χ4v) is 2.05. The zero-order valence-electron chi connectivity index (χ0n) is 11.6. The lowest BCUT2D eigenvalue weighted by atomic mass is 9.88. The molecule has 19 heavy (non-hydrogen) atoms. The van der Waals surface area contributed by atoms with Crippen molar-refractivity contribution in [3.05, 3.63) is 47.5 Å². The Morgan fingerprint density at radius 3 is 2.63 bits per heavy atom. The molecule has 0 atom stereocenters. The molecule has 1 aromatic rings. The van der Waals surface area contributed by atoms with Crippen molar-refractivity contribution in [2.24, 2.45) is 10.4 Å². The summed E-state index contributed by atoms with van der Waals surface area (Å²) in [6.07, 6.45) is 1.99. The minimum Gasteiger partial charge on any atom is -0.392 e. The molecule has 0 bridgehead atoms. The van der Waals surface area contributed by atoms with Gasteiger partial charge in [0, 0.05) is 11.1 Å². The molecule has 0 aliphatic carbocycles. The molecule has 0 spiro atoms. The molecule has 0 fully saturated rings. The molecular weight excluding hydrogens is 238 g/mol. The molecule has 1 aliphatic heterocycles. The van der Waals surface area contributed by atoms with Crippen LogP contribution in [-0.4, -0.2) is 30.6 Å². The van der Waals surface area contributed by atoms with E-state index in [9.17, 15) is 0 Å². The van der Waals surface area contributed by atoms with E-state index in [0.717, 1.165) is 11.3 Å². The number of nitrogens with zero attached hydrogens (tertiary/aromatic N) is 1. The molecule has 1 heterocycles. The minimum absolute atomic E-state index is 0.0912. The van der Waals surface area contributed by atoms with E-state index in [1.54, 1.807) is 0 Å². The van der Waals surface area contributed by atoms with Crippen LogP contribution < -0.4 is 0 Å². The highest BCUT2D eigenvalue weighted by molar-refractivity contribution is 6.01. The number of hydrogen-bond acceptors (Lipinski definition) is 3. The highest BCUT2D eigenvalue weighted by Gasteiger charge is 2.26. The van der Waals surface area contributed by atoms with Gasteiger partial charge in [-0.25, -0.2) is 0 Å². The van der Waals surface area contributed by atoms with Crippen LogP contribution in [0.5, 0.6) is 0 Å². The van der Waals surface area contributed by atoms with Crippen molar-refractivity contribution in [3.8, 4) is 0 Å². The normalized spacial score (nSPS) is 15.3. The molecule has 0 aromatic heterocycles. The third kappa shape index (κ3) is 3.75. The number of allylic oxidation sites excluding steroid dienone is 1. The predicted molar refractivity (Wildman–Crippen MR) is 77.3 cm³/mol. The summed E-state index contributed by atoms with van der Waals surface area (Å²) in [5.41, 5.74) is 3.06. The lowest BCUT2D eigenvalue weighted by molar-refractivity contribution is 0.0792. The van der Waals surface area contributed by atoms with Crippen molar-refractivity contribution in [1.82, 2.24) is 0 Å². The number of benzene rings is 1. The zero-order valence-corrected chi connectivity index (χ0v) is 11.6. The van der Waals surface area contributed by atoms with Crippen LogP contribution in [0.25, 0.3) is 0 Å². The summed E-state index contributed by atoms with van der Waals surface area (Å²) in [6, 6.07) is 10.2. The maximum absolute atomic E-state index is 9.10. The van der Waals surface area contributed by atoms with Gasteiger partial charge in [-0.2, -0.15) is 0 Å². The summed E-state index contributed by atoms with van der Waals surface area (Å²) in [5, 5.41) is 9.10. The third-order valence-corrected chi connectivity index (χ3v) is 3.26. The second kappa shape index (κ2) is 6.13. The quantitative estimate of drug-likeness (QED) is 0.853. The van der Waals surface area contributed by atoms with Gasteiger partial charge in [0.15, 0.2) is 0 Å². The second-order valence-electron chi connectivity index (χ2n) is 5.52. The number of hydrogen-bond donors (Lipinski definition) is 1. The van der Waals surface area contributed by atoms with E-state index in [-0.39, 0.29) is 12.0 Å². The summed E-state index contributed by atoms with van der Waals surface area (Å²) >= 11 is 0. The van der Waals surface area contributed by atoms with Crippen LogP contribution in [0.1, 0.15) is 19.4 Å². The van der Waals surface area contributed by atoms with E-state index in [2.05, 4.69) is 31.0 Å². The average Bonchev–Trinajstić information content (AvgIpc) is 2.89. The number of aliphatic imine (C=N–C) groups is 1. The Balaban J connectivity index is 1.87. The Labute approximate surface area is 114 Å². The van der Waals surface area contributed by atoms with Gasteiger partial charge in [0.2, 0.25) is 0 Å². The first-order valence-corrected chi connectivity index (χ1v) is 6.59. The van der Waals surface area contributed by atoms with E-state index in [4.69, 9.17) is 9.84 Å². The predicted octanol–water partition coefficient (Wildman–Crippen LogP) is 2.60. The molecular formula is C16H21NO2. The SMILES string of the molecule is CC(C)(COCc1ccccc1)C1=NCC(CO)=C1. The summed E-state index contributed by atoms with van der Waals surface area (Å²) in [7, 11) is 0. The lowest BCUT2D eigenvalue weighted by Gasteiger charge is -2.23. The van der Waals surface area contributed by atoms with Crippen LogP contribution in [0.2, 0.25) is 0 Å². The smallest absolute Gasteiger partial charge is 0.0717 e.